The van der Waals surface area contributed by atoms with Gasteiger partial charge in [0.2, 0.25) is 0 Å². The Balaban J connectivity index is 2.69. The van der Waals surface area contributed by atoms with Crippen LogP contribution in [0.15, 0.2) is 30.4 Å². The Bertz CT molecular complexity index is 363. The van der Waals surface area contributed by atoms with Gasteiger partial charge in [0.25, 0.3) is 0 Å². The largest absolute Gasteiger partial charge is 0.324 e. The van der Waals surface area contributed by atoms with Crippen molar-refractivity contribution in [3.63, 3.8) is 0 Å². The summed E-state index contributed by atoms with van der Waals surface area (Å²) in [6.45, 7) is 5.77. The van der Waals surface area contributed by atoms with E-state index in [1.165, 1.54) is 6.07 Å². The molecule has 0 radical (unpaired) electrons. The minimum absolute atomic E-state index is 0.111. The molecule has 1 nitrogen and oxygen atoms in total. The van der Waals surface area contributed by atoms with E-state index in [1.807, 2.05) is 6.92 Å². The van der Waals surface area contributed by atoms with Gasteiger partial charge in [0, 0.05) is 6.04 Å². The molecule has 0 aliphatic carbocycles. The van der Waals surface area contributed by atoms with Crippen LogP contribution >= 0.6 is 11.6 Å². The van der Waals surface area contributed by atoms with Crippen molar-refractivity contribution < 1.29 is 4.39 Å². The van der Waals surface area contributed by atoms with E-state index in [4.69, 9.17) is 17.3 Å². The highest BCUT2D eigenvalue weighted by Crippen LogP contribution is 2.23. The maximum absolute atomic E-state index is 12.9. The average molecular weight is 228 g/mol. The van der Waals surface area contributed by atoms with Gasteiger partial charge in [-0.3, -0.25) is 0 Å². The maximum atomic E-state index is 12.9. The number of halogens is 2. The van der Waals surface area contributed by atoms with Gasteiger partial charge in [0.1, 0.15) is 5.82 Å². The minimum atomic E-state index is -0.410. The molecule has 1 rings (SSSR count). The number of hydrogen-bond donors (Lipinski definition) is 1. The summed E-state index contributed by atoms with van der Waals surface area (Å²) in [5, 5.41) is 0.123. The topological polar surface area (TPSA) is 26.0 Å². The van der Waals surface area contributed by atoms with E-state index in [9.17, 15) is 4.39 Å². The molecule has 1 aromatic carbocycles. The van der Waals surface area contributed by atoms with Gasteiger partial charge in [-0.1, -0.05) is 23.2 Å². The van der Waals surface area contributed by atoms with Crippen LogP contribution < -0.4 is 5.73 Å². The Morgan fingerprint density at radius 1 is 1.60 bits per heavy atom. The first-order valence-electron chi connectivity index (χ1n) is 4.85. The van der Waals surface area contributed by atoms with Crippen LogP contribution in [0, 0.1) is 5.82 Å². The van der Waals surface area contributed by atoms with Gasteiger partial charge < -0.3 is 5.73 Å². The van der Waals surface area contributed by atoms with Gasteiger partial charge >= 0.3 is 0 Å². The number of rotatable bonds is 4. The van der Waals surface area contributed by atoms with Crippen molar-refractivity contribution in [3.05, 3.63) is 46.8 Å². The highest BCUT2D eigenvalue weighted by atomic mass is 35.5. The third kappa shape index (κ3) is 3.65. The van der Waals surface area contributed by atoms with E-state index in [1.54, 1.807) is 12.1 Å². The van der Waals surface area contributed by atoms with E-state index in [0.29, 0.717) is 0 Å². The molecular formula is C12H15ClFN. The molecular weight excluding hydrogens is 213 g/mol. The summed E-state index contributed by atoms with van der Waals surface area (Å²) in [7, 11) is 0. The molecule has 1 unspecified atom stereocenters. The molecule has 0 aromatic heterocycles. The van der Waals surface area contributed by atoms with Crippen LogP contribution in [0.25, 0.3) is 0 Å². The van der Waals surface area contributed by atoms with Crippen molar-refractivity contribution in [2.45, 2.75) is 25.8 Å². The summed E-state index contributed by atoms with van der Waals surface area (Å²) < 4.78 is 12.9. The van der Waals surface area contributed by atoms with Crippen molar-refractivity contribution in [2.75, 3.05) is 0 Å². The lowest BCUT2D eigenvalue weighted by molar-refractivity contribution is 0.619. The summed E-state index contributed by atoms with van der Waals surface area (Å²) >= 11 is 5.67. The summed E-state index contributed by atoms with van der Waals surface area (Å²) in [5.41, 5.74) is 7.90. The zero-order valence-electron chi connectivity index (χ0n) is 8.76. The van der Waals surface area contributed by atoms with Crippen molar-refractivity contribution >= 4 is 11.6 Å². The third-order valence-corrected chi connectivity index (χ3v) is 2.54. The van der Waals surface area contributed by atoms with Crippen molar-refractivity contribution in [1.82, 2.24) is 0 Å². The fourth-order valence-electron chi connectivity index (χ4n) is 1.31. The highest BCUT2D eigenvalue weighted by Gasteiger charge is 2.08. The quantitative estimate of drug-likeness (QED) is 0.778. The minimum Gasteiger partial charge on any atom is -0.324 e. The first-order chi connectivity index (χ1) is 7.00. The lowest BCUT2D eigenvalue weighted by Crippen LogP contribution is -2.10. The molecule has 0 saturated heterocycles. The monoisotopic (exact) mass is 227 g/mol. The molecule has 15 heavy (non-hydrogen) atoms. The van der Waals surface area contributed by atoms with Crippen LogP contribution in [0.3, 0.4) is 0 Å². The van der Waals surface area contributed by atoms with Gasteiger partial charge in [-0.25, -0.2) is 4.39 Å². The van der Waals surface area contributed by atoms with Crippen LogP contribution in [-0.2, 0) is 0 Å². The van der Waals surface area contributed by atoms with Crippen LogP contribution in [-0.4, -0.2) is 0 Å². The second-order valence-electron chi connectivity index (χ2n) is 3.78. The fourth-order valence-corrected chi connectivity index (χ4v) is 1.50. The summed E-state index contributed by atoms with van der Waals surface area (Å²) in [6.07, 6.45) is 1.67. The molecule has 1 atom stereocenters. The molecule has 2 N–H and O–H groups in total. The Morgan fingerprint density at radius 2 is 2.27 bits per heavy atom. The summed E-state index contributed by atoms with van der Waals surface area (Å²) in [5.74, 6) is -0.410. The number of hydrogen-bond acceptors (Lipinski definition) is 1. The van der Waals surface area contributed by atoms with Crippen molar-refractivity contribution in [2.24, 2.45) is 5.73 Å². The Morgan fingerprint density at radius 3 is 2.80 bits per heavy atom. The third-order valence-electron chi connectivity index (χ3n) is 2.25. The molecule has 1 aromatic rings. The average Bonchev–Trinajstić information content (AvgIpc) is 2.18. The molecule has 0 aliphatic rings. The van der Waals surface area contributed by atoms with Crippen molar-refractivity contribution in [1.29, 1.82) is 0 Å². The van der Waals surface area contributed by atoms with Gasteiger partial charge in [0.05, 0.1) is 5.02 Å². The normalized spacial score (nSPS) is 12.5. The molecule has 0 heterocycles. The summed E-state index contributed by atoms with van der Waals surface area (Å²) in [4.78, 5) is 0. The lowest BCUT2D eigenvalue weighted by Gasteiger charge is -2.12. The van der Waals surface area contributed by atoms with Crippen molar-refractivity contribution in [3.8, 4) is 0 Å². The van der Waals surface area contributed by atoms with Crippen LogP contribution in [0.1, 0.15) is 31.4 Å². The number of benzene rings is 1. The number of nitrogens with two attached hydrogens (primary N) is 1. The molecule has 0 amide bonds. The van der Waals surface area contributed by atoms with E-state index in [0.717, 1.165) is 24.0 Å². The van der Waals surface area contributed by atoms with E-state index in [-0.39, 0.29) is 11.1 Å². The second-order valence-corrected chi connectivity index (χ2v) is 4.18. The smallest absolute Gasteiger partial charge is 0.141 e. The Hall–Kier alpha value is -0.860. The lowest BCUT2D eigenvalue weighted by atomic mass is 10.0. The van der Waals surface area contributed by atoms with Crippen LogP contribution in [0.2, 0.25) is 5.02 Å². The Kier molecular flexibility index (Phi) is 4.30. The first-order valence-corrected chi connectivity index (χ1v) is 5.23. The standard InChI is InChI=1S/C12H15ClFN/c1-8(2)3-6-12(15)9-4-5-11(14)10(13)7-9/h4-5,7,12H,1,3,6,15H2,2H3. The molecule has 0 aliphatic heterocycles. The van der Waals surface area contributed by atoms with Crippen LogP contribution in [0.5, 0.6) is 0 Å². The molecule has 0 saturated carbocycles. The Labute approximate surface area is 94.7 Å². The predicted octanol–water partition coefficient (Wildman–Crippen LogP) is 3.84. The SMILES string of the molecule is C=C(C)CCC(N)c1ccc(F)c(Cl)c1. The zero-order chi connectivity index (χ0) is 11.4. The van der Waals surface area contributed by atoms with Gasteiger partial charge in [-0.2, -0.15) is 0 Å². The van der Waals surface area contributed by atoms with Gasteiger partial charge in [-0.15, -0.1) is 6.58 Å². The molecule has 0 fully saturated rings. The molecule has 0 bridgehead atoms. The molecule has 0 spiro atoms. The van der Waals surface area contributed by atoms with E-state index < -0.39 is 5.82 Å². The maximum Gasteiger partial charge on any atom is 0.141 e. The molecule has 82 valence electrons. The van der Waals surface area contributed by atoms with Gasteiger partial charge in [0.15, 0.2) is 0 Å². The molecule has 3 heteroatoms. The number of allylic oxidation sites excluding steroid dienone is 1. The zero-order valence-corrected chi connectivity index (χ0v) is 9.52. The van der Waals surface area contributed by atoms with E-state index >= 15 is 0 Å². The second kappa shape index (κ2) is 5.29. The predicted molar refractivity (Wildman–Crippen MR) is 62.4 cm³/mol. The fraction of sp³-hybridized carbons (Fsp3) is 0.333. The van der Waals surface area contributed by atoms with Gasteiger partial charge in [-0.05, 0) is 37.5 Å². The van der Waals surface area contributed by atoms with E-state index in [2.05, 4.69) is 6.58 Å². The van der Waals surface area contributed by atoms with Crippen LogP contribution in [0.4, 0.5) is 4.39 Å². The summed E-state index contributed by atoms with van der Waals surface area (Å²) in [6, 6.07) is 4.49. The first kappa shape index (κ1) is 12.2. The highest BCUT2D eigenvalue weighted by molar-refractivity contribution is 6.30.